The maximum atomic E-state index is 12.3. The van der Waals surface area contributed by atoms with E-state index in [4.69, 9.17) is 17.3 Å². The number of amides is 1. The van der Waals surface area contributed by atoms with Crippen LogP contribution in [0.15, 0.2) is 18.2 Å². The SMILES string of the molecule is CCN(C)c1nc(N)c(C(=O)Nc2ccc(C)c(Cl)c2)s1. The molecule has 0 fully saturated rings. The van der Waals surface area contributed by atoms with E-state index in [1.54, 1.807) is 12.1 Å². The number of carbonyl (C=O) groups is 1. The van der Waals surface area contributed by atoms with Crippen LogP contribution >= 0.6 is 22.9 Å². The number of carbonyl (C=O) groups excluding carboxylic acids is 1. The van der Waals surface area contributed by atoms with Crippen molar-refractivity contribution in [2.45, 2.75) is 13.8 Å². The first-order valence-electron chi connectivity index (χ1n) is 6.47. The number of aromatic nitrogens is 1. The number of nitrogens with one attached hydrogen (secondary N) is 1. The third-order valence-electron chi connectivity index (χ3n) is 3.08. The molecule has 0 bridgehead atoms. The summed E-state index contributed by atoms with van der Waals surface area (Å²) in [6.07, 6.45) is 0. The van der Waals surface area contributed by atoms with Gasteiger partial charge in [0.25, 0.3) is 5.91 Å². The van der Waals surface area contributed by atoms with Gasteiger partial charge in [-0.2, -0.15) is 0 Å². The van der Waals surface area contributed by atoms with E-state index in [1.807, 2.05) is 31.9 Å². The molecule has 7 heteroatoms. The number of nitrogens with zero attached hydrogens (tertiary/aromatic N) is 2. The molecule has 3 N–H and O–H groups in total. The summed E-state index contributed by atoms with van der Waals surface area (Å²) in [5, 5.41) is 4.12. The lowest BCUT2D eigenvalue weighted by Gasteiger charge is -2.10. The second kappa shape index (κ2) is 6.32. The summed E-state index contributed by atoms with van der Waals surface area (Å²) in [5.74, 6) is -0.0355. The molecule has 5 nitrogen and oxygen atoms in total. The van der Waals surface area contributed by atoms with Gasteiger partial charge in [0, 0.05) is 24.3 Å². The van der Waals surface area contributed by atoms with Crippen LogP contribution in [0.3, 0.4) is 0 Å². The second-order valence-corrected chi connectivity index (χ2v) is 6.03. The third-order valence-corrected chi connectivity index (χ3v) is 4.67. The fourth-order valence-electron chi connectivity index (χ4n) is 1.64. The number of anilines is 3. The Morgan fingerprint density at radius 3 is 2.86 bits per heavy atom. The van der Waals surface area contributed by atoms with Gasteiger partial charge in [0.15, 0.2) is 5.13 Å². The summed E-state index contributed by atoms with van der Waals surface area (Å²) in [6.45, 7) is 4.70. The fraction of sp³-hybridized carbons (Fsp3) is 0.286. The lowest BCUT2D eigenvalue weighted by atomic mass is 10.2. The van der Waals surface area contributed by atoms with Gasteiger partial charge < -0.3 is 16.0 Å². The van der Waals surface area contributed by atoms with E-state index in [9.17, 15) is 4.79 Å². The van der Waals surface area contributed by atoms with Crippen LogP contribution in [0.25, 0.3) is 0 Å². The first-order chi connectivity index (χ1) is 9.92. The van der Waals surface area contributed by atoms with Crippen LogP contribution in [0.1, 0.15) is 22.2 Å². The van der Waals surface area contributed by atoms with Crippen LogP contribution in [0.4, 0.5) is 16.6 Å². The van der Waals surface area contributed by atoms with Crippen molar-refractivity contribution in [3.05, 3.63) is 33.7 Å². The average molecular weight is 325 g/mol. The second-order valence-electron chi connectivity index (χ2n) is 4.64. The fourth-order valence-corrected chi connectivity index (χ4v) is 2.73. The highest BCUT2D eigenvalue weighted by Gasteiger charge is 2.18. The quantitative estimate of drug-likeness (QED) is 0.904. The monoisotopic (exact) mass is 324 g/mol. The molecule has 2 aromatic rings. The zero-order valence-corrected chi connectivity index (χ0v) is 13.7. The summed E-state index contributed by atoms with van der Waals surface area (Å²) >= 11 is 7.32. The predicted molar refractivity (Wildman–Crippen MR) is 89.6 cm³/mol. The molecule has 21 heavy (non-hydrogen) atoms. The number of halogens is 1. The van der Waals surface area contributed by atoms with Crippen molar-refractivity contribution in [3.8, 4) is 0 Å². The van der Waals surface area contributed by atoms with Crippen molar-refractivity contribution in [1.82, 2.24) is 4.98 Å². The Bertz CT molecular complexity index is 671. The van der Waals surface area contributed by atoms with E-state index in [-0.39, 0.29) is 11.7 Å². The lowest BCUT2D eigenvalue weighted by Crippen LogP contribution is -2.15. The van der Waals surface area contributed by atoms with Crippen LogP contribution in [-0.4, -0.2) is 24.5 Å². The van der Waals surface area contributed by atoms with E-state index in [2.05, 4.69) is 10.3 Å². The molecular formula is C14H17ClN4OS. The van der Waals surface area contributed by atoms with Crippen LogP contribution in [-0.2, 0) is 0 Å². The molecule has 1 amide bonds. The molecule has 0 aliphatic rings. The number of benzene rings is 1. The van der Waals surface area contributed by atoms with Crippen molar-refractivity contribution >= 4 is 45.5 Å². The maximum absolute atomic E-state index is 12.3. The predicted octanol–water partition coefficient (Wildman–Crippen LogP) is 3.40. The van der Waals surface area contributed by atoms with Crippen molar-refractivity contribution in [1.29, 1.82) is 0 Å². The maximum Gasteiger partial charge on any atom is 0.269 e. The van der Waals surface area contributed by atoms with Gasteiger partial charge in [-0.05, 0) is 31.5 Å². The molecule has 2 rings (SSSR count). The Balaban J connectivity index is 2.20. The van der Waals surface area contributed by atoms with Gasteiger partial charge in [-0.15, -0.1) is 0 Å². The molecule has 1 heterocycles. The standard InChI is InChI=1S/C14H17ClN4OS/c1-4-19(3)14-18-12(16)11(21-14)13(20)17-9-6-5-8(2)10(15)7-9/h5-7H,4,16H2,1-3H3,(H,17,20). The van der Waals surface area contributed by atoms with Gasteiger partial charge in [0.1, 0.15) is 10.7 Å². The van der Waals surface area contributed by atoms with E-state index >= 15 is 0 Å². The third kappa shape index (κ3) is 3.46. The molecular weight excluding hydrogens is 308 g/mol. The molecule has 0 radical (unpaired) electrons. The van der Waals surface area contributed by atoms with E-state index in [0.29, 0.717) is 15.6 Å². The normalized spacial score (nSPS) is 10.5. The number of rotatable bonds is 4. The number of hydrogen-bond donors (Lipinski definition) is 2. The Morgan fingerprint density at radius 1 is 1.52 bits per heavy atom. The number of hydrogen-bond acceptors (Lipinski definition) is 5. The first-order valence-corrected chi connectivity index (χ1v) is 7.66. The Labute approximate surface area is 132 Å². The van der Waals surface area contributed by atoms with E-state index in [1.165, 1.54) is 11.3 Å². The minimum atomic E-state index is -0.277. The minimum absolute atomic E-state index is 0.242. The Hall–Kier alpha value is -1.79. The van der Waals surface area contributed by atoms with Crippen LogP contribution in [0, 0.1) is 6.92 Å². The molecule has 0 saturated carbocycles. The van der Waals surface area contributed by atoms with E-state index < -0.39 is 0 Å². The highest BCUT2D eigenvalue weighted by molar-refractivity contribution is 7.18. The summed E-state index contributed by atoms with van der Waals surface area (Å²) in [5.41, 5.74) is 7.42. The number of nitrogen functional groups attached to an aromatic ring is 1. The van der Waals surface area contributed by atoms with Gasteiger partial charge in [-0.1, -0.05) is 29.0 Å². The molecule has 0 spiro atoms. The molecule has 112 valence electrons. The lowest BCUT2D eigenvalue weighted by molar-refractivity contribution is 0.103. The van der Waals surface area contributed by atoms with Crippen molar-refractivity contribution < 1.29 is 4.79 Å². The summed E-state index contributed by atoms with van der Waals surface area (Å²) < 4.78 is 0. The van der Waals surface area contributed by atoms with E-state index in [0.717, 1.165) is 17.2 Å². The summed E-state index contributed by atoms with van der Waals surface area (Å²) in [7, 11) is 1.90. The highest BCUT2D eigenvalue weighted by Crippen LogP contribution is 2.28. The molecule has 0 atom stereocenters. The van der Waals surface area contributed by atoms with Gasteiger partial charge in [0.05, 0.1) is 0 Å². The molecule has 0 unspecified atom stereocenters. The van der Waals surface area contributed by atoms with Gasteiger partial charge in [0.2, 0.25) is 0 Å². The Morgan fingerprint density at radius 2 is 2.24 bits per heavy atom. The summed E-state index contributed by atoms with van der Waals surface area (Å²) in [6, 6.07) is 5.37. The van der Waals surface area contributed by atoms with Crippen molar-refractivity contribution in [2.75, 3.05) is 29.5 Å². The minimum Gasteiger partial charge on any atom is -0.382 e. The van der Waals surface area contributed by atoms with Crippen molar-refractivity contribution in [2.24, 2.45) is 0 Å². The molecule has 1 aromatic heterocycles. The molecule has 0 aliphatic carbocycles. The van der Waals surface area contributed by atoms with Crippen LogP contribution < -0.4 is 16.0 Å². The summed E-state index contributed by atoms with van der Waals surface area (Å²) in [4.78, 5) is 18.8. The average Bonchev–Trinajstić information content (AvgIpc) is 2.84. The largest absolute Gasteiger partial charge is 0.382 e. The Kier molecular flexibility index (Phi) is 4.69. The van der Waals surface area contributed by atoms with Gasteiger partial charge in [-0.3, -0.25) is 4.79 Å². The topological polar surface area (TPSA) is 71.2 Å². The number of nitrogens with two attached hydrogens (primary N) is 1. The first kappa shape index (κ1) is 15.6. The highest BCUT2D eigenvalue weighted by atomic mass is 35.5. The number of thiazole rings is 1. The molecule has 0 aliphatic heterocycles. The zero-order valence-electron chi connectivity index (χ0n) is 12.1. The molecule has 0 saturated heterocycles. The molecule has 1 aromatic carbocycles. The van der Waals surface area contributed by atoms with Crippen molar-refractivity contribution in [3.63, 3.8) is 0 Å². The number of aryl methyl sites for hydroxylation is 1. The zero-order chi connectivity index (χ0) is 15.6. The van der Waals surface area contributed by atoms with Crippen LogP contribution in [0.2, 0.25) is 5.02 Å². The van der Waals surface area contributed by atoms with Gasteiger partial charge in [-0.25, -0.2) is 4.98 Å². The smallest absolute Gasteiger partial charge is 0.269 e. The van der Waals surface area contributed by atoms with Gasteiger partial charge >= 0.3 is 0 Å². The van der Waals surface area contributed by atoms with Crippen LogP contribution in [0.5, 0.6) is 0 Å².